The second kappa shape index (κ2) is 7.99. The summed E-state index contributed by atoms with van der Waals surface area (Å²) in [4.78, 5) is 24.7. The predicted octanol–water partition coefficient (Wildman–Crippen LogP) is 2.81. The normalized spacial score (nSPS) is 18.1. The van der Waals surface area contributed by atoms with Gasteiger partial charge in [0, 0.05) is 24.5 Å². The lowest BCUT2D eigenvalue weighted by Crippen LogP contribution is -2.53. The largest absolute Gasteiger partial charge is 0.481 e. The van der Waals surface area contributed by atoms with E-state index in [1.54, 1.807) is 0 Å². The zero-order valence-electron chi connectivity index (χ0n) is 16.7. The summed E-state index contributed by atoms with van der Waals surface area (Å²) in [5.74, 6) is -1.20. The molecule has 1 aliphatic heterocycles. The first kappa shape index (κ1) is 19.6. The molecule has 7 heteroatoms. The van der Waals surface area contributed by atoms with Crippen LogP contribution in [0.4, 0.5) is 0 Å². The molecule has 1 amide bonds. The van der Waals surface area contributed by atoms with Crippen LogP contribution < -0.4 is 5.32 Å². The van der Waals surface area contributed by atoms with Crippen molar-refractivity contribution in [2.45, 2.75) is 57.4 Å². The van der Waals surface area contributed by atoms with E-state index in [4.69, 9.17) is 9.84 Å². The molecule has 0 unspecified atom stereocenters. The second-order valence-corrected chi connectivity index (χ2v) is 8.15. The molecule has 0 spiro atoms. The van der Waals surface area contributed by atoms with Crippen molar-refractivity contribution in [1.82, 2.24) is 15.1 Å². The Morgan fingerprint density at radius 2 is 1.86 bits per heavy atom. The van der Waals surface area contributed by atoms with Gasteiger partial charge in [0.2, 0.25) is 0 Å². The topological polar surface area (TPSA) is 93.5 Å². The third-order valence-corrected chi connectivity index (χ3v) is 5.99. The number of carbonyl (C=O) groups is 2. The SMILES string of the molecule is Cc1ccc(-n2nc(C(=O)NC3(CC(=O)O)CCOCC3)c3c2CCCC3)cc1. The molecule has 7 nitrogen and oxygen atoms in total. The number of ether oxygens (including phenoxy) is 1. The molecule has 0 atom stereocenters. The highest BCUT2D eigenvalue weighted by Gasteiger charge is 2.38. The van der Waals surface area contributed by atoms with Crippen molar-refractivity contribution in [1.29, 1.82) is 0 Å². The van der Waals surface area contributed by atoms with Gasteiger partial charge >= 0.3 is 5.97 Å². The third kappa shape index (κ3) is 4.05. The standard InChI is InChI=1S/C22H27N3O4/c1-15-6-8-16(9-7-15)25-18-5-3-2-4-17(18)20(24-25)21(28)23-22(14-19(26)27)10-12-29-13-11-22/h6-9H,2-5,10-14H2,1H3,(H,23,28)(H,26,27). The Hall–Kier alpha value is -2.67. The zero-order valence-corrected chi connectivity index (χ0v) is 16.7. The first-order valence-electron chi connectivity index (χ1n) is 10.3. The first-order valence-corrected chi connectivity index (χ1v) is 10.3. The van der Waals surface area contributed by atoms with E-state index in [0.717, 1.165) is 42.6 Å². The minimum absolute atomic E-state index is 0.108. The number of fused-ring (bicyclic) bond motifs is 1. The van der Waals surface area contributed by atoms with Crippen molar-refractivity contribution >= 4 is 11.9 Å². The molecule has 1 aromatic heterocycles. The van der Waals surface area contributed by atoms with Gasteiger partial charge in [-0.25, -0.2) is 4.68 Å². The molecule has 0 saturated carbocycles. The van der Waals surface area contributed by atoms with E-state index in [9.17, 15) is 14.7 Å². The number of amides is 1. The number of nitrogens with one attached hydrogen (secondary N) is 1. The van der Waals surface area contributed by atoms with E-state index >= 15 is 0 Å². The van der Waals surface area contributed by atoms with E-state index < -0.39 is 11.5 Å². The van der Waals surface area contributed by atoms with Crippen LogP contribution in [0.15, 0.2) is 24.3 Å². The molecule has 29 heavy (non-hydrogen) atoms. The number of nitrogens with zero attached hydrogens (tertiary/aromatic N) is 2. The Kier molecular flexibility index (Phi) is 5.41. The van der Waals surface area contributed by atoms with Crippen molar-refractivity contribution < 1.29 is 19.4 Å². The Labute approximate surface area is 170 Å². The fourth-order valence-electron chi connectivity index (χ4n) is 4.38. The number of hydrogen-bond donors (Lipinski definition) is 2. The van der Waals surface area contributed by atoms with Crippen molar-refractivity contribution in [3.05, 3.63) is 46.8 Å². The predicted molar refractivity (Wildman–Crippen MR) is 107 cm³/mol. The summed E-state index contributed by atoms with van der Waals surface area (Å²) in [6, 6.07) is 8.11. The van der Waals surface area contributed by atoms with Gasteiger partial charge in [-0.2, -0.15) is 5.10 Å². The van der Waals surface area contributed by atoms with Gasteiger partial charge in [-0.1, -0.05) is 17.7 Å². The summed E-state index contributed by atoms with van der Waals surface area (Å²) in [6.07, 6.45) is 4.68. The zero-order chi connectivity index (χ0) is 20.4. The van der Waals surface area contributed by atoms with Crippen LogP contribution in [0.5, 0.6) is 0 Å². The number of rotatable bonds is 5. The Balaban J connectivity index is 1.67. The number of carbonyl (C=O) groups excluding carboxylic acids is 1. The van der Waals surface area contributed by atoms with Crippen molar-refractivity contribution in [3.63, 3.8) is 0 Å². The van der Waals surface area contributed by atoms with Gasteiger partial charge in [0.25, 0.3) is 5.91 Å². The number of aromatic nitrogens is 2. The fourth-order valence-corrected chi connectivity index (χ4v) is 4.38. The number of benzene rings is 1. The van der Waals surface area contributed by atoms with E-state index in [0.29, 0.717) is 31.7 Å². The Morgan fingerprint density at radius 1 is 1.17 bits per heavy atom. The summed E-state index contributed by atoms with van der Waals surface area (Å²) >= 11 is 0. The molecule has 2 heterocycles. The van der Waals surface area contributed by atoms with Crippen LogP contribution in [0, 0.1) is 6.92 Å². The molecule has 2 aromatic rings. The van der Waals surface area contributed by atoms with Gasteiger partial charge in [-0.3, -0.25) is 9.59 Å². The second-order valence-electron chi connectivity index (χ2n) is 8.15. The molecule has 1 aliphatic carbocycles. The summed E-state index contributed by atoms with van der Waals surface area (Å²) < 4.78 is 7.28. The van der Waals surface area contributed by atoms with Crippen LogP contribution in [0.1, 0.15) is 59.4 Å². The van der Waals surface area contributed by atoms with Gasteiger partial charge in [0.05, 0.1) is 17.6 Å². The van der Waals surface area contributed by atoms with Crippen LogP contribution in [0.3, 0.4) is 0 Å². The minimum atomic E-state index is -0.917. The molecular formula is C22H27N3O4. The summed E-state index contributed by atoms with van der Waals surface area (Å²) in [5, 5.41) is 17.1. The first-order chi connectivity index (χ1) is 14.0. The molecule has 4 rings (SSSR count). The highest BCUT2D eigenvalue weighted by atomic mass is 16.5. The van der Waals surface area contributed by atoms with Crippen LogP contribution >= 0.6 is 0 Å². The smallest absolute Gasteiger partial charge is 0.305 e. The monoisotopic (exact) mass is 397 g/mol. The van der Waals surface area contributed by atoms with Crippen LogP contribution in [0.25, 0.3) is 5.69 Å². The maximum atomic E-state index is 13.2. The van der Waals surface area contributed by atoms with E-state index in [1.165, 1.54) is 5.56 Å². The Bertz CT molecular complexity index is 911. The summed E-state index contributed by atoms with van der Waals surface area (Å²) in [6.45, 7) is 2.93. The lowest BCUT2D eigenvalue weighted by molar-refractivity contribution is -0.139. The summed E-state index contributed by atoms with van der Waals surface area (Å²) in [5.41, 5.74) is 3.84. The summed E-state index contributed by atoms with van der Waals surface area (Å²) in [7, 11) is 0. The van der Waals surface area contributed by atoms with Gasteiger partial charge in [0.1, 0.15) is 0 Å². The number of hydrogen-bond acceptors (Lipinski definition) is 4. The van der Waals surface area contributed by atoms with Gasteiger partial charge in [-0.15, -0.1) is 0 Å². The minimum Gasteiger partial charge on any atom is -0.481 e. The van der Waals surface area contributed by atoms with Gasteiger partial charge in [-0.05, 0) is 57.6 Å². The molecule has 2 N–H and O–H groups in total. The molecule has 2 aliphatic rings. The van der Waals surface area contributed by atoms with E-state index in [-0.39, 0.29) is 12.3 Å². The van der Waals surface area contributed by atoms with Crippen molar-refractivity contribution in [2.24, 2.45) is 0 Å². The number of carboxylic acids is 1. The Morgan fingerprint density at radius 3 is 2.55 bits per heavy atom. The van der Waals surface area contributed by atoms with Crippen molar-refractivity contribution in [3.8, 4) is 5.69 Å². The van der Waals surface area contributed by atoms with E-state index in [2.05, 4.69) is 5.32 Å². The lowest BCUT2D eigenvalue weighted by atomic mass is 9.86. The van der Waals surface area contributed by atoms with E-state index in [1.807, 2.05) is 35.9 Å². The van der Waals surface area contributed by atoms with Crippen molar-refractivity contribution in [2.75, 3.05) is 13.2 Å². The maximum Gasteiger partial charge on any atom is 0.305 e. The van der Waals surface area contributed by atoms with Crippen LogP contribution in [-0.2, 0) is 22.4 Å². The fraction of sp³-hybridized carbons (Fsp3) is 0.500. The third-order valence-electron chi connectivity index (χ3n) is 5.99. The quantitative estimate of drug-likeness (QED) is 0.809. The lowest BCUT2D eigenvalue weighted by Gasteiger charge is -2.36. The molecule has 154 valence electrons. The maximum absolute atomic E-state index is 13.2. The molecule has 1 fully saturated rings. The highest BCUT2D eigenvalue weighted by molar-refractivity contribution is 5.95. The van der Waals surface area contributed by atoms with Gasteiger partial charge in [0.15, 0.2) is 5.69 Å². The molecule has 0 bridgehead atoms. The number of aryl methyl sites for hydroxylation is 1. The van der Waals surface area contributed by atoms with Crippen LogP contribution in [-0.4, -0.2) is 45.5 Å². The molecular weight excluding hydrogens is 370 g/mol. The average Bonchev–Trinajstić information content (AvgIpc) is 3.08. The average molecular weight is 397 g/mol. The van der Waals surface area contributed by atoms with Crippen LogP contribution in [0.2, 0.25) is 0 Å². The molecule has 1 aromatic carbocycles. The number of carboxylic acid groups (broad SMARTS) is 1. The highest BCUT2D eigenvalue weighted by Crippen LogP contribution is 2.29. The molecule has 0 radical (unpaired) electrons. The van der Waals surface area contributed by atoms with Gasteiger partial charge < -0.3 is 15.2 Å². The molecule has 1 saturated heterocycles. The number of aliphatic carboxylic acids is 1.